The van der Waals surface area contributed by atoms with Crippen LogP contribution in [0.2, 0.25) is 0 Å². The molecule has 0 spiro atoms. The number of hydrogen-bond donors (Lipinski definition) is 1. The molecule has 2 rings (SSSR count). The lowest BCUT2D eigenvalue weighted by Gasteiger charge is -2.20. The fraction of sp³-hybridized carbons (Fsp3) is 0.700. The van der Waals surface area contributed by atoms with Crippen molar-refractivity contribution in [1.82, 2.24) is 14.8 Å². The van der Waals surface area contributed by atoms with E-state index in [1.54, 1.807) is 19.0 Å². The Morgan fingerprint density at radius 2 is 1.92 bits per heavy atom. The number of nitrogens with one attached hydrogen (secondary N) is 1. The minimum atomic E-state index is 0.0133. The highest BCUT2D eigenvalue weighted by Crippen LogP contribution is 2.23. The van der Waals surface area contributed by atoms with Gasteiger partial charge in [-0.25, -0.2) is 4.98 Å². The number of nitrogens with zero attached hydrogens (tertiary/aromatic N) is 3. The van der Waals surface area contributed by atoms with E-state index in [0.29, 0.717) is 5.56 Å². The predicted octanol–water partition coefficient (Wildman–Crippen LogP) is 3.05. The highest BCUT2D eigenvalue weighted by atomic mass is 16.2. The minimum absolute atomic E-state index is 0.0133. The molecule has 1 aliphatic rings. The smallest absolute Gasteiger partial charge is 0.257 e. The highest BCUT2D eigenvalue weighted by molar-refractivity contribution is 5.98. The third-order valence-electron chi connectivity index (χ3n) is 4.64. The van der Waals surface area contributed by atoms with Gasteiger partial charge in [0.25, 0.3) is 5.91 Å². The van der Waals surface area contributed by atoms with Gasteiger partial charge >= 0.3 is 0 Å². The van der Waals surface area contributed by atoms with Gasteiger partial charge in [0.1, 0.15) is 5.82 Å². The zero-order chi connectivity index (χ0) is 18.6. The summed E-state index contributed by atoms with van der Waals surface area (Å²) in [6.07, 6.45) is 3.15. The second kappa shape index (κ2) is 8.65. The quantitative estimate of drug-likeness (QED) is 0.860. The second-order valence-electron chi connectivity index (χ2n) is 8.01. The molecule has 1 amide bonds. The van der Waals surface area contributed by atoms with Gasteiger partial charge in [-0.2, -0.15) is 0 Å². The Morgan fingerprint density at radius 3 is 2.52 bits per heavy atom. The number of rotatable bonds is 6. The summed E-state index contributed by atoms with van der Waals surface area (Å²) in [6.45, 7) is 11.9. The summed E-state index contributed by atoms with van der Waals surface area (Å²) in [5, 5.41) is 3.36. The Bertz CT molecular complexity index is 596. The molecule has 0 atom stereocenters. The number of carbonyl (C=O) groups excluding carboxylic acids is 1. The Kier molecular flexibility index (Phi) is 6.82. The first-order valence-electron chi connectivity index (χ1n) is 9.51. The van der Waals surface area contributed by atoms with Crippen LogP contribution in [0.3, 0.4) is 0 Å². The zero-order valence-corrected chi connectivity index (χ0v) is 16.7. The minimum Gasteiger partial charge on any atom is -0.367 e. The molecule has 0 unspecified atom stereocenters. The Balaban J connectivity index is 2.25. The van der Waals surface area contributed by atoms with E-state index in [1.807, 2.05) is 0 Å². The van der Waals surface area contributed by atoms with Crippen LogP contribution in [0.5, 0.6) is 0 Å². The molecule has 0 bridgehead atoms. The third-order valence-corrected chi connectivity index (χ3v) is 4.64. The van der Waals surface area contributed by atoms with Crippen molar-refractivity contribution in [1.29, 1.82) is 0 Å². The number of amides is 1. The fourth-order valence-corrected chi connectivity index (χ4v) is 3.13. The van der Waals surface area contributed by atoms with Gasteiger partial charge in [0.2, 0.25) is 0 Å². The maximum Gasteiger partial charge on any atom is 0.257 e. The van der Waals surface area contributed by atoms with Crippen molar-refractivity contribution in [3.8, 4) is 0 Å². The Labute approximate surface area is 152 Å². The number of carbonyl (C=O) groups is 1. The molecule has 5 heteroatoms. The molecule has 0 aromatic carbocycles. The van der Waals surface area contributed by atoms with E-state index in [0.717, 1.165) is 49.9 Å². The first-order valence-corrected chi connectivity index (χ1v) is 9.51. The van der Waals surface area contributed by atoms with E-state index in [9.17, 15) is 4.79 Å². The molecule has 0 saturated heterocycles. The second-order valence-corrected chi connectivity index (χ2v) is 8.01. The molecule has 140 valence electrons. The number of aromatic nitrogens is 1. The fourth-order valence-electron chi connectivity index (χ4n) is 3.13. The summed E-state index contributed by atoms with van der Waals surface area (Å²) < 4.78 is 0. The van der Waals surface area contributed by atoms with Crippen molar-refractivity contribution < 1.29 is 4.79 Å². The average Bonchev–Trinajstić information content (AvgIpc) is 2.72. The van der Waals surface area contributed by atoms with E-state index in [2.05, 4.69) is 44.0 Å². The van der Waals surface area contributed by atoms with Gasteiger partial charge in [0.05, 0.1) is 5.56 Å². The summed E-state index contributed by atoms with van der Waals surface area (Å²) in [5.74, 6) is 1.47. The van der Waals surface area contributed by atoms with Crippen LogP contribution in [-0.4, -0.2) is 60.5 Å². The first-order chi connectivity index (χ1) is 11.8. The van der Waals surface area contributed by atoms with Crippen LogP contribution in [0.25, 0.3) is 0 Å². The standard InChI is InChI=1S/C20H34N4O/c1-14(2)7-10-24-11-8-16-13-17(20(25)23(5)6)19(21-15(3)4)22-18(16)9-12-24/h13-15H,7-12H2,1-6H3,(H,21,22). The molecular formula is C20H34N4O. The van der Waals surface area contributed by atoms with Gasteiger partial charge in [0, 0.05) is 45.3 Å². The van der Waals surface area contributed by atoms with Crippen molar-refractivity contribution in [2.45, 2.75) is 53.0 Å². The number of anilines is 1. The number of pyridine rings is 1. The summed E-state index contributed by atoms with van der Waals surface area (Å²) >= 11 is 0. The van der Waals surface area contributed by atoms with Gasteiger partial charge in [-0.05, 0) is 50.8 Å². The van der Waals surface area contributed by atoms with Gasteiger partial charge in [-0.3, -0.25) is 4.79 Å². The molecule has 0 aliphatic carbocycles. The monoisotopic (exact) mass is 346 g/mol. The van der Waals surface area contributed by atoms with Crippen LogP contribution in [0.1, 0.15) is 55.7 Å². The number of fused-ring (bicyclic) bond motifs is 1. The van der Waals surface area contributed by atoms with Crippen molar-refractivity contribution in [3.05, 3.63) is 22.9 Å². The van der Waals surface area contributed by atoms with Crippen molar-refractivity contribution in [2.24, 2.45) is 5.92 Å². The van der Waals surface area contributed by atoms with Crippen LogP contribution < -0.4 is 5.32 Å². The molecule has 0 fully saturated rings. The van der Waals surface area contributed by atoms with Gasteiger partial charge in [-0.15, -0.1) is 0 Å². The molecular weight excluding hydrogens is 312 g/mol. The average molecular weight is 347 g/mol. The molecule has 1 aromatic heterocycles. The zero-order valence-electron chi connectivity index (χ0n) is 16.7. The summed E-state index contributed by atoms with van der Waals surface area (Å²) in [6, 6.07) is 2.31. The molecule has 1 N–H and O–H groups in total. The largest absolute Gasteiger partial charge is 0.367 e. The highest BCUT2D eigenvalue weighted by Gasteiger charge is 2.22. The lowest BCUT2D eigenvalue weighted by Crippen LogP contribution is -2.28. The van der Waals surface area contributed by atoms with E-state index >= 15 is 0 Å². The summed E-state index contributed by atoms with van der Waals surface area (Å²) in [5.41, 5.74) is 3.06. The third kappa shape index (κ3) is 5.43. The maximum atomic E-state index is 12.6. The van der Waals surface area contributed by atoms with E-state index in [4.69, 9.17) is 4.98 Å². The maximum absolute atomic E-state index is 12.6. The van der Waals surface area contributed by atoms with Crippen molar-refractivity contribution in [2.75, 3.05) is 39.0 Å². The van der Waals surface area contributed by atoms with Crippen molar-refractivity contribution in [3.63, 3.8) is 0 Å². The molecule has 0 radical (unpaired) electrons. The summed E-state index contributed by atoms with van der Waals surface area (Å²) in [4.78, 5) is 21.6. The van der Waals surface area contributed by atoms with Crippen LogP contribution in [-0.2, 0) is 12.8 Å². The lowest BCUT2D eigenvalue weighted by molar-refractivity contribution is 0.0828. The topological polar surface area (TPSA) is 48.5 Å². The first kappa shape index (κ1) is 19.7. The Hall–Kier alpha value is -1.62. The van der Waals surface area contributed by atoms with Crippen LogP contribution in [0.15, 0.2) is 6.07 Å². The molecule has 1 aliphatic heterocycles. The van der Waals surface area contributed by atoms with Crippen molar-refractivity contribution >= 4 is 11.7 Å². The van der Waals surface area contributed by atoms with E-state index in [1.165, 1.54) is 12.0 Å². The molecule has 5 nitrogen and oxygen atoms in total. The molecule has 2 heterocycles. The lowest BCUT2D eigenvalue weighted by atomic mass is 10.0. The predicted molar refractivity (Wildman–Crippen MR) is 104 cm³/mol. The van der Waals surface area contributed by atoms with E-state index in [-0.39, 0.29) is 11.9 Å². The van der Waals surface area contributed by atoms with Gasteiger partial charge in [0.15, 0.2) is 0 Å². The van der Waals surface area contributed by atoms with Crippen LogP contribution in [0.4, 0.5) is 5.82 Å². The summed E-state index contributed by atoms with van der Waals surface area (Å²) in [7, 11) is 3.58. The molecule has 0 saturated carbocycles. The van der Waals surface area contributed by atoms with Gasteiger partial charge < -0.3 is 15.1 Å². The SMILES string of the molecule is CC(C)CCN1CCc2cc(C(=O)N(C)C)c(NC(C)C)nc2CC1. The Morgan fingerprint density at radius 1 is 1.24 bits per heavy atom. The normalized spacial score (nSPS) is 15.2. The molecule has 1 aromatic rings. The van der Waals surface area contributed by atoms with E-state index < -0.39 is 0 Å². The van der Waals surface area contributed by atoms with Crippen LogP contribution in [0, 0.1) is 5.92 Å². The number of hydrogen-bond acceptors (Lipinski definition) is 4. The molecule has 25 heavy (non-hydrogen) atoms. The van der Waals surface area contributed by atoms with Gasteiger partial charge in [-0.1, -0.05) is 13.8 Å². The van der Waals surface area contributed by atoms with Crippen LogP contribution >= 0.6 is 0 Å².